The third-order valence-corrected chi connectivity index (χ3v) is 3.72. The van der Waals surface area contributed by atoms with Crippen LogP contribution in [0.15, 0.2) is 30.3 Å². The van der Waals surface area contributed by atoms with Crippen LogP contribution in [0.2, 0.25) is 0 Å². The third kappa shape index (κ3) is 3.69. The van der Waals surface area contributed by atoms with Gasteiger partial charge in [0.25, 0.3) is 0 Å². The molecule has 1 heterocycles. The van der Waals surface area contributed by atoms with Crippen LogP contribution in [0.5, 0.6) is 28.7 Å². The highest BCUT2D eigenvalue weighted by molar-refractivity contribution is 6.00. The number of hydrogen-bond acceptors (Lipinski definition) is 6. The number of rotatable bonds is 5. The molecular formula is C18H20N2O6. The number of nitrogens with one attached hydrogen (secondary N) is 2. The summed E-state index contributed by atoms with van der Waals surface area (Å²) < 4.78 is 26.8. The molecule has 0 atom stereocenters. The zero-order valence-corrected chi connectivity index (χ0v) is 14.8. The van der Waals surface area contributed by atoms with Crippen molar-refractivity contribution < 1.29 is 28.5 Å². The molecule has 0 aromatic heterocycles. The number of hydrogen-bond donors (Lipinski definition) is 2. The van der Waals surface area contributed by atoms with E-state index in [0.29, 0.717) is 53.3 Å². The van der Waals surface area contributed by atoms with Gasteiger partial charge in [-0.1, -0.05) is 0 Å². The minimum absolute atomic E-state index is 0.420. The number of carbonyl (C=O) groups is 1. The molecule has 138 valence electrons. The summed E-state index contributed by atoms with van der Waals surface area (Å²) in [5.41, 5.74) is 1.08. The minimum Gasteiger partial charge on any atom is -0.493 e. The summed E-state index contributed by atoms with van der Waals surface area (Å²) in [4.78, 5) is 12.3. The summed E-state index contributed by atoms with van der Waals surface area (Å²) in [6.45, 7) is 0.996. The van der Waals surface area contributed by atoms with Gasteiger partial charge in [0.2, 0.25) is 5.75 Å². The first kappa shape index (κ1) is 17.5. The van der Waals surface area contributed by atoms with Crippen LogP contribution in [0.25, 0.3) is 0 Å². The molecule has 8 heteroatoms. The van der Waals surface area contributed by atoms with Crippen LogP contribution in [0.3, 0.4) is 0 Å². The lowest BCUT2D eigenvalue weighted by atomic mass is 10.2. The van der Waals surface area contributed by atoms with Crippen LogP contribution in [0, 0.1) is 0 Å². The van der Waals surface area contributed by atoms with Gasteiger partial charge in [0.1, 0.15) is 13.2 Å². The van der Waals surface area contributed by atoms with E-state index in [1.807, 2.05) is 0 Å². The summed E-state index contributed by atoms with van der Waals surface area (Å²) >= 11 is 0. The van der Waals surface area contributed by atoms with Crippen molar-refractivity contribution in [2.75, 3.05) is 45.2 Å². The fraction of sp³-hybridized carbons (Fsp3) is 0.278. The first-order valence-electron chi connectivity index (χ1n) is 7.92. The zero-order chi connectivity index (χ0) is 18.5. The van der Waals surface area contributed by atoms with Crippen LogP contribution in [0.4, 0.5) is 16.2 Å². The number of amides is 2. The van der Waals surface area contributed by atoms with E-state index in [-0.39, 0.29) is 0 Å². The van der Waals surface area contributed by atoms with Gasteiger partial charge in [-0.15, -0.1) is 0 Å². The predicted molar refractivity (Wildman–Crippen MR) is 96.2 cm³/mol. The van der Waals surface area contributed by atoms with Crippen molar-refractivity contribution in [2.24, 2.45) is 0 Å². The summed E-state index contributed by atoms with van der Waals surface area (Å²) in [6, 6.07) is 8.07. The third-order valence-electron chi connectivity index (χ3n) is 3.72. The van der Waals surface area contributed by atoms with E-state index in [9.17, 15) is 4.79 Å². The normalized spacial score (nSPS) is 12.1. The fourth-order valence-corrected chi connectivity index (χ4v) is 2.57. The molecule has 3 rings (SSSR count). The maximum atomic E-state index is 12.3. The van der Waals surface area contributed by atoms with Gasteiger partial charge in [-0.3, -0.25) is 0 Å². The number of ether oxygens (including phenoxy) is 5. The van der Waals surface area contributed by atoms with Crippen LogP contribution in [-0.4, -0.2) is 40.6 Å². The maximum Gasteiger partial charge on any atom is 0.323 e. The Kier molecular flexibility index (Phi) is 5.21. The van der Waals surface area contributed by atoms with Crippen molar-refractivity contribution >= 4 is 17.4 Å². The smallest absolute Gasteiger partial charge is 0.323 e. The molecule has 0 spiro atoms. The molecule has 2 aromatic carbocycles. The number of carbonyl (C=O) groups excluding carboxylic acids is 1. The highest BCUT2D eigenvalue weighted by atomic mass is 16.6. The van der Waals surface area contributed by atoms with Crippen LogP contribution in [-0.2, 0) is 0 Å². The Labute approximate surface area is 151 Å². The molecule has 0 unspecified atom stereocenters. The lowest BCUT2D eigenvalue weighted by Gasteiger charge is -2.19. The van der Waals surface area contributed by atoms with E-state index in [1.165, 1.54) is 21.3 Å². The highest BCUT2D eigenvalue weighted by Gasteiger charge is 2.16. The molecule has 1 aliphatic rings. The minimum atomic E-state index is -0.420. The van der Waals surface area contributed by atoms with Crippen molar-refractivity contribution in [3.8, 4) is 28.7 Å². The Morgan fingerprint density at radius 2 is 1.46 bits per heavy atom. The molecular weight excluding hydrogens is 340 g/mol. The van der Waals surface area contributed by atoms with Gasteiger partial charge < -0.3 is 34.3 Å². The monoisotopic (exact) mass is 360 g/mol. The number of anilines is 2. The van der Waals surface area contributed by atoms with Gasteiger partial charge >= 0.3 is 6.03 Å². The van der Waals surface area contributed by atoms with Gasteiger partial charge in [0, 0.05) is 23.9 Å². The summed E-state index contributed by atoms with van der Waals surface area (Å²) in [7, 11) is 4.54. The second-order valence-electron chi connectivity index (χ2n) is 5.35. The highest BCUT2D eigenvalue weighted by Crippen LogP contribution is 2.40. The quantitative estimate of drug-likeness (QED) is 0.852. The Bertz CT molecular complexity index is 783. The van der Waals surface area contributed by atoms with Gasteiger partial charge in [-0.2, -0.15) is 0 Å². The molecule has 0 saturated heterocycles. The summed E-state index contributed by atoms with van der Waals surface area (Å²) in [5, 5.41) is 5.48. The molecule has 1 aliphatic heterocycles. The van der Waals surface area contributed by atoms with E-state index < -0.39 is 6.03 Å². The lowest BCUT2D eigenvalue weighted by molar-refractivity contribution is 0.171. The van der Waals surface area contributed by atoms with Gasteiger partial charge in [0.05, 0.1) is 27.0 Å². The van der Waals surface area contributed by atoms with Crippen LogP contribution < -0.4 is 34.3 Å². The predicted octanol–water partition coefficient (Wildman–Crippen LogP) is 3.13. The molecule has 26 heavy (non-hydrogen) atoms. The van der Waals surface area contributed by atoms with E-state index in [4.69, 9.17) is 23.7 Å². The molecule has 0 bridgehead atoms. The maximum absolute atomic E-state index is 12.3. The van der Waals surface area contributed by atoms with Gasteiger partial charge in [0.15, 0.2) is 23.0 Å². The van der Waals surface area contributed by atoms with Gasteiger partial charge in [-0.25, -0.2) is 4.79 Å². The van der Waals surface area contributed by atoms with Crippen LogP contribution in [0.1, 0.15) is 0 Å². The lowest BCUT2D eigenvalue weighted by Crippen LogP contribution is -2.20. The van der Waals surface area contributed by atoms with Crippen molar-refractivity contribution in [1.82, 2.24) is 0 Å². The van der Waals surface area contributed by atoms with E-state index >= 15 is 0 Å². The van der Waals surface area contributed by atoms with E-state index in [2.05, 4.69) is 10.6 Å². The second kappa shape index (κ2) is 7.73. The number of fused-ring (bicyclic) bond motifs is 1. The number of benzene rings is 2. The zero-order valence-electron chi connectivity index (χ0n) is 14.8. The molecule has 0 saturated carbocycles. The first-order valence-corrected chi connectivity index (χ1v) is 7.92. The van der Waals surface area contributed by atoms with E-state index in [1.54, 1.807) is 30.3 Å². The number of methoxy groups -OCH3 is 3. The second-order valence-corrected chi connectivity index (χ2v) is 5.35. The molecule has 2 amide bonds. The molecule has 2 aromatic rings. The number of urea groups is 1. The Hall–Kier alpha value is -3.29. The Balaban J connectivity index is 1.74. The fourth-order valence-electron chi connectivity index (χ4n) is 2.57. The van der Waals surface area contributed by atoms with Crippen molar-refractivity contribution in [1.29, 1.82) is 0 Å². The molecule has 0 fully saturated rings. The molecule has 0 aliphatic carbocycles. The SMILES string of the molecule is COc1cc(NC(=O)Nc2ccc3c(c2)OCCO3)cc(OC)c1OC. The molecule has 0 radical (unpaired) electrons. The van der Waals surface area contributed by atoms with Crippen molar-refractivity contribution in [3.63, 3.8) is 0 Å². The Morgan fingerprint density at radius 3 is 2.08 bits per heavy atom. The molecule has 2 N–H and O–H groups in total. The van der Waals surface area contributed by atoms with Gasteiger partial charge in [-0.05, 0) is 12.1 Å². The topological polar surface area (TPSA) is 87.3 Å². The van der Waals surface area contributed by atoms with Crippen molar-refractivity contribution in [3.05, 3.63) is 30.3 Å². The summed E-state index contributed by atoms with van der Waals surface area (Å²) in [6.07, 6.45) is 0. The summed E-state index contributed by atoms with van der Waals surface area (Å²) in [5.74, 6) is 2.60. The average Bonchev–Trinajstić information content (AvgIpc) is 2.66. The average molecular weight is 360 g/mol. The standard InChI is InChI=1S/C18H20N2O6/c1-22-15-9-12(10-16(23-2)17(15)24-3)20-18(21)19-11-4-5-13-14(8-11)26-7-6-25-13/h4-5,8-10H,6-7H2,1-3H3,(H2,19,20,21). The van der Waals surface area contributed by atoms with Crippen LogP contribution >= 0.6 is 0 Å². The Morgan fingerprint density at radius 1 is 0.846 bits per heavy atom. The molecule has 8 nitrogen and oxygen atoms in total. The van der Waals surface area contributed by atoms with E-state index in [0.717, 1.165) is 0 Å². The van der Waals surface area contributed by atoms with Crippen molar-refractivity contribution in [2.45, 2.75) is 0 Å². The largest absolute Gasteiger partial charge is 0.493 e. The first-order chi connectivity index (χ1) is 12.6.